The SMILES string of the molecule is Cc1ccccc1N1C(=O)[C@@H]2[C@@H](C1=O)[C@@]1(CO)C=C[C@H]2O1. The van der Waals surface area contributed by atoms with E-state index in [1.165, 1.54) is 4.90 Å². The summed E-state index contributed by atoms with van der Waals surface area (Å²) in [5.74, 6) is -1.65. The third-order valence-electron chi connectivity index (χ3n) is 4.76. The van der Waals surface area contributed by atoms with Gasteiger partial charge in [-0.05, 0) is 18.6 Å². The number of nitrogens with zero attached hydrogens (tertiary/aromatic N) is 1. The van der Waals surface area contributed by atoms with Crippen LogP contribution in [0.15, 0.2) is 36.4 Å². The maximum Gasteiger partial charge on any atom is 0.241 e. The Morgan fingerprint density at radius 3 is 2.76 bits per heavy atom. The molecule has 0 spiro atoms. The highest BCUT2D eigenvalue weighted by molar-refractivity contribution is 6.23. The number of para-hydroxylation sites is 1. The molecular weight excluding hydrogens is 270 g/mol. The first-order valence-electron chi connectivity index (χ1n) is 7.00. The molecule has 4 atom stereocenters. The van der Waals surface area contributed by atoms with E-state index in [9.17, 15) is 14.7 Å². The second-order valence-corrected chi connectivity index (χ2v) is 5.86. The summed E-state index contributed by atoms with van der Waals surface area (Å²) in [6.07, 6.45) is 3.10. The number of carbonyl (C=O) groups excluding carboxylic acids is 2. The first kappa shape index (κ1) is 12.7. The maximum atomic E-state index is 12.8. The highest BCUT2D eigenvalue weighted by Gasteiger charge is 2.67. The quantitative estimate of drug-likeness (QED) is 0.645. The van der Waals surface area contributed by atoms with Crippen molar-refractivity contribution in [2.24, 2.45) is 11.8 Å². The van der Waals surface area contributed by atoms with Gasteiger partial charge < -0.3 is 9.84 Å². The number of aliphatic hydroxyl groups is 1. The van der Waals surface area contributed by atoms with Crippen molar-refractivity contribution in [1.82, 2.24) is 0 Å². The fourth-order valence-electron chi connectivity index (χ4n) is 3.74. The van der Waals surface area contributed by atoms with Crippen molar-refractivity contribution in [3.05, 3.63) is 42.0 Å². The monoisotopic (exact) mass is 285 g/mol. The predicted octanol–water partition coefficient (Wildman–Crippen LogP) is 0.800. The number of carbonyl (C=O) groups is 2. The number of anilines is 1. The van der Waals surface area contributed by atoms with Crippen LogP contribution in [0.4, 0.5) is 5.69 Å². The van der Waals surface area contributed by atoms with Crippen LogP contribution in [0.25, 0.3) is 0 Å². The molecule has 1 N–H and O–H groups in total. The molecule has 0 aliphatic carbocycles. The van der Waals surface area contributed by atoms with E-state index >= 15 is 0 Å². The minimum absolute atomic E-state index is 0.232. The van der Waals surface area contributed by atoms with E-state index in [0.717, 1.165) is 5.56 Å². The van der Waals surface area contributed by atoms with Gasteiger partial charge in [0, 0.05) is 0 Å². The molecule has 3 aliphatic heterocycles. The molecule has 2 fully saturated rings. The molecule has 0 saturated carbocycles. The van der Waals surface area contributed by atoms with Gasteiger partial charge in [0.1, 0.15) is 5.60 Å². The standard InChI is InChI=1S/C16H15NO4/c1-9-4-2-3-5-10(9)17-14(19)12-11-6-7-16(8-18,21-11)13(12)15(17)20/h2-7,11-13,18H,8H2,1H3/t11-,12+,13+,16+/m1/s1. The normalized spacial score (nSPS) is 36.7. The third-order valence-corrected chi connectivity index (χ3v) is 4.76. The first-order chi connectivity index (χ1) is 10.1. The zero-order valence-corrected chi connectivity index (χ0v) is 11.5. The zero-order valence-electron chi connectivity index (χ0n) is 11.5. The lowest BCUT2D eigenvalue weighted by molar-refractivity contribution is -0.128. The summed E-state index contributed by atoms with van der Waals surface area (Å²) in [7, 11) is 0. The van der Waals surface area contributed by atoms with Gasteiger partial charge in [0.15, 0.2) is 0 Å². The lowest BCUT2D eigenvalue weighted by atomic mass is 9.77. The van der Waals surface area contributed by atoms with Crippen LogP contribution in [-0.4, -0.2) is 35.2 Å². The van der Waals surface area contributed by atoms with Crippen molar-refractivity contribution in [1.29, 1.82) is 0 Å². The smallest absolute Gasteiger partial charge is 0.241 e. The van der Waals surface area contributed by atoms with Gasteiger partial charge in [0.25, 0.3) is 0 Å². The second kappa shape index (κ2) is 4.02. The van der Waals surface area contributed by atoms with E-state index in [2.05, 4.69) is 0 Å². The number of benzene rings is 1. The number of hydrogen-bond donors (Lipinski definition) is 1. The lowest BCUT2D eigenvalue weighted by Crippen LogP contribution is -2.43. The topological polar surface area (TPSA) is 66.8 Å². The Kier molecular flexibility index (Phi) is 2.44. The van der Waals surface area contributed by atoms with E-state index in [-0.39, 0.29) is 18.4 Å². The Morgan fingerprint density at radius 2 is 2.05 bits per heavy atom. The van der Waals surface area contributed by atoms with Gasteiger partial charge in [-0.1, -0.05) is 30.4 Å². The van der Waals surface area contributed by atoms with Crippen LogP contribution in [0.5, 0.6) is 0 Å². The van der Waals surface area contributed by atoms with Gasteiger partial charge in [-0.25, -0.2) is 4.90 Å². The van der Waals surface area contributed by atoms with Crippen molar-refractivity contribution in [2.75, 3.05) is 11.5 Å². The summed E-state index contributed by atoms with van der Waals surface area (Å²) in [5.41, 5.74) is 0.465. The fraction of sp³-hybridized carbons (Fsp3) is 0.375. The Balaban J connectivity index is 1.81. The molecule has 108 valence electrons. The Hall–Kier alpha value is -1.98. The van der Waals surface area contributed by atoms with Crippen LogP contribution in [-0.2, 0) is 14.3 Å². The first-order valence-corrected chi connectivity index (χ1v) is 7.00. The van der Waals surface area contributed by atoms with Crippen molar-refractivity contribution in [3.8, 4) is 0 Å². The number of imide groups is 1. The molecule has 2 saturated heterocycles. The van der Waals surface area contributed by atoms with Gasteiger partial charge in [0.2, 0.25) is 11.8 Å². The van der Waals surface area contributed by atoms with E-state index in [1.54, 1.807) is 18.2 Å². The van der Waals surface area contributed by atoms with Crippen LogP contribution in [0.1, 0.15) is 5.56 Å². The van der Waals surface area contributed by atoms with Crippen LogP contribution in [0, 0.1) is 18.8 Å². The number of fused-ring (bicyclic) bond motifs is 5. The van der Waals surface area contributed by atoms with Gasteiger partial charge in [-0.15, -0.1) is 0 Å². The number of aliphatic hydroxyl groups excluding tert-OH is 1. The molecule has 21 heavy (non-hydrogen) atoms. The number of aryl methyl sites for hydroxylation is 1. The van der Waals surface area contributed by atoms with Gasteiger partial charge in [0.05, 0.1) is 30.2 Å². The summed E-state index contributed by atoms with van der Waals surface area (Å²) in [5, 5.41) is 9.65. The largest absolute Gasteiger partial charge is 0.393 e. The number of hydrogen-bond acceptors (Lipinski definition) is 4. The van der Waals surface area contributed by atoms with Crippen molar-refractivity contribution >= 4 is 17.5 Å². The second-order valence-electron chi connectivity index (χ2n) is 5.86. The molecule has 0 aromatic heterocycles. The van der Waals surface area contributed by atoms with Crippen molar-refractivity contribution in [2.45, 2.75) is 18.6 Å². The highest BCUT2D eigenvalue weighted by Crippen LogP contribution is 2.52. The zero-order chi connectivity index (χ0) is 14.8. The van der Waals surface area contributed by atoms with E-state index in [0.29, 0.717) is 5.69 Å². The van der Waals surface area contributed by atoms with Gasteiger partial charge in [-0.2, -0.15) is 0 Å². The average Bonchev–Trinajstić information content (AvgIpc) is 3.12. The molecule has 3 aliphatic rings. The van der Waals surface area contributed by atoms with E-state index in [4.69, 9.17) is 4.74 Å². The molecule has 1 aromatic carbocycles. The van der Waals surface area contributed by atoms with Gasteiger partial charge in [-0.3, -0.25) is 9.59 Å². The summed E-state index contributed by atoms with van der Waals surface area (Å²) in [6.45, 7) is 1.58. The molecule has 0 unspecified atom stereocenters. The van der Waals surface area contributed by atoms with Crippen LogP contribution >= 0.6 is 0 Å². The fourth-order valence-corrected chi connectivity index (χ4v) is 3.74. The molecule has 4 rings (SSSR count). The molecule has 3 heterocycles. The number of ether oxygens (including phenoxy) is 1. The average molecular weight is 285 g/mol. The molecular formula is C16H15NO4. The van der Waals surface area contributed by atoms with Crippen molar-refractivity contribution < 1.29 is 19.4 Å². The van der Waals surface area contributed by atoms with Crippen LogP contribution in [0.2, 0.25) is 0 Å². The van der Waals surface area contributed by atoms with E-state index < -0.39 is 23.5 Å². The predicted molar refractivity (Wildman–Crippen MR) is 74.5 cm³/mol. The Labute approximate surface area is 121 Å². The molecule has 5 heteroatoms. The summed E-state index contributed by atoms with van der Waals surface area (Å²) in [4.78, 5) is 26.8. The summed E-state index contributed by atoms with van der Waals surface area (Å²) < 4.78 is 5.70. The van der Waals surface area contributed by atoms with Crippen LogP contribution < -0.4 is 4.90 Å². The summed E-state index contributed by atoms with van der Waals surface area (Å²) >= 11 is 0. The Bertz CT molecular complexity index is 683. The molecule has 1 aromatic rings. The van der Waals surface area contributed by atoms with Gasteiger partial charge >= 0.3 is 0 Å². The molecule has 0 radical (unpaired) electrons. The minimum Gasteiger partial charge on any atom is -0.393 e. The lowest BCUT2D eigenvalue weighted by Gasteiger charge is -2.26. The minimum atomic E-state index is -1.03. The molecule has 2 amide bonds. The van der Waals surface area contributed by atoms with Crippen LogP contribution in [0.3, 0.4) is 0 Å². The van der Waals surface area contributed by atoms with Crippen molar-refractivity contribution in [3.63, 3.8) is 0 Å². The summed E-state index contributed by atoms with van der Waals surface area (Å²) in [6, 6.07) is 7.32. The highest BCUT2D eigenvalue weighted by atomic mass is 16.5. The third kappa shape index (κ3) is 1.42. The van der Waals surface area contributed by atoms with E-state index in [1.807, 2.05) is 25.1 Å². The molecule has 5 nitrogen and oxygen atoms in total. The Morgan fingerprint density at radius 1 is 1.29 bits per heavy atom. The number of amides is 2. The molecule has 2 bridgehead atoms. The maximum absolute atomic E-state index is 12.8. The number of rotatable bonds is 2.